The topological polar surface area (TPSA) is 248 Å². The van der Waals surface area contributed by atoms with Crippen molar-refractivity contribution in [1.29, 1.82) is 0 Å². The molecule has 2 rings (SSSR count). The number of H-pyrrole nitrogens is 2. The number of hydrogen-bond donors (Lipinski definition) is 8. The average Bonchev–Trinajstić information content (AvgIpc) is 3.28. The van der Waals surface area contributed by atoms with E-state index in [1.54, 1.807) is 0 Å². The first kappa shape index (κ1) is 23.1. The number of rotatable bonds is 10. The summed E-state index contributed by atoms with van der Waals surface area (Å²) in [4.78, 5) is 49.0. The van der Waals surface area contributed by atoms with Gasteiger partial charge in [-0.1, -0.05) is 0 Å². The molecule has 0 amide bonds. The summed E-state index contributed by atoms with van der Waals surface area (Å²) in [6.07, 6.45) is 4.52. The molecule has 2 aromatic heterocycles. The van der Waals surface area contributed by atoms with Crippen LogP contribution in [0.2, 0.25) is 0 Å². The van der Waals surface area contributed by atoms with Gasteiger partial charge in [0, 0.05) is 24.8 Å². The van der Waals surface area contributed by atoms with Gasteiger partial charge in [0.05, 0.1) is 0 Å². The minimum atomic E-state index is -5.28. The van der Waals surface area contributed by atoms with Crippen LogP contribution >= 0.6 is 23.4 Å². The van der Waals surface area contributed by atoms with Crippen LogP contribution in [0.15, 0.2) is 24.8 Å². The van der Waals surface area contributed by atoms with Gasteiger partial charge in [0.25, 0.3) is 0 Å². The molecule has 2 aromatic rings. The maximum Gasteiger partial charge on any atom is 0.367 e. The van der Waals surface area contributed by atoms with Crippen LogP contribution in [-0.2, 0) is 33.4 Å². The summed E-state index contributed by atoms with van der Waals surface area (Å²) in [5.41, 5.74) is 0. The summed E-state index contributed by atoms with van der Waals surface area (Å²) in [7, 11) is -14.3. The first-order valence-electron chi connectivity index (χ1n) is 7.16. The van der Waals surface area contributed by atoms with E-state index in [9.17, 15) is 43.5 Å². The van der Waals surface area contributed by atoms with Crippen molar-refractivity contribution in [1.82, 2.24) is 19.9 Å². The highest BCUT2D eigenvalue weighted by Crippen LogP contribution is 2.57. The third kappa shape index (κ3) is 4.67. The molecule has 15 nitrogen and oxygen atoms in total. The van der Waals surface area contributed by atoms with Crippen LogP contribution in [0.25, 0.3) is 0 Å². The van der Waals surface area contributed by atoms with E-state index in [0.29, 0.717) is 0 Å². The number of aromatic nitrogens is 4. The molecule has 158 valence electrons. The zero-order valence-corrected chi connectivity index (χ0v) is 16.5. The van der Waals surface area contributed by atoms with Crippen LogP contribution in [0.1, 0.15) is 11.6 Å². The minimum Gasteiger partial charge on any atom is -0.369 e. The van der Waals surface area contributed by atoms with Crippen LogP contribution in [0, 0.1) is 0 Å². The Balaban J connectivity index is 2.09. The van der Waals surface area contributed by atoms with Crippen molar-refractivity contribution in [2.24, 2.45) is 0 Å². The Labute approximate surface area is 157 Å². The van der Waals surface area contributed by atoms with Crippen molar-refractivity contribution >= 4 is 23.4 Å². The van der Waals surface area contributed by atoms with Gasteiger partial charge in [-0.15, -0.1) is 0 Å². The van der Waals surface area contributed by atoms with Gasteiger partial charge in [-0.25, -0.2) is 9.97 Å². The molecule has 0 radical (unpaired) electrons. The van der Waals surface area contributed by atoms with Gasteiger partial charge in [0.2, 0.25) is 10.7 Å². The van der Waals surface area contributed by atoms with Crippen molar-refractivity contribution in [2.45, 2.75) is 10.7 Å². The molecule has 2 atom stereocenters. The Hall–Kier alpha value is -1.21. The van der Waals surface area contributed by atoms with E-state index in [1.807, 2.05) is 0 Å². The predicted octanol–water partition coefficient (Wildman–Crippen LogP) is -1.10. The Morgan fingerprint density at radius 3 is 1.50 bits per heavy atom. The second-order valence-corrected chi connectivity index (χ2v) is 10.2. The molecule has 8 N–H and O–H groups in total. The molecule has 2 unspecified atom stereocenters. The molecule has 0 spiro atoms. The van der Waals surface area contributed by atoms with Crippen molar-refractivity contribution < 1.29 is 52.5 Å². The van der Waals surface area contributed by atoms with Crippen LogP contribution in [-0.4, -0.2) is 62.9 Å². The molecule has 0 saturated carbocycles. The third-order valence-electron chi connectivity index (χ3n) is 3.50. The zero-order chi connectivity index (χ0) is 21.2. The summed E-state index contributed by atoms with van der Waals surface area (Å²) in [5, 5.41) is 14.5. The Morgan fingerprint density at radius 1 is 0.893 bits per heavy atom. The van der Waals surface area contributed by atoms with E-state index in [-0.39, 0.29) is 0 Å². The van der Waals surface area contributed by atoms with Gasteiger partial charge in [0.15, 0.2) is 11.6 Å². The van der Waals surface area contributed by atoms with Crippen LogP contribution in [0.5, 0.6) is 0 Å². The number of aromatic amines is 2. The van der Waals surface area contributed by atoms with E-state index < -0.39 is 59.0 Å². The molecule has 0 aromatic carbocycles. The van der Waals surface area contributed by atoms with Crippen molar-refractivity contribution in [3.8, 4) is 0 Å². The SMILES string of the molecule is O=[PH](OCC(O)(c1ncc[nH]1)P(=O)(O)O)OCC(O)(c1ncc[nH]1)P(=O)(O)O. The van der Waals surface area contributed by atoms with Gasteiger partial charge in [-0.05, 0) is 0 Å². The predicted molar refractivity (Wildman–Crippen MR) is 90.0 cm³/mol. The summed E-state index contributed by atoms with van der Waals surface area (Å²) >= 11 is 0. The fraction of sp³-hybridized carbons (Fsp3) is 0.400. The monoisotopic (exact) mass is 462 g/mol. The average molecular weight is 462 g/mol. The summed E-state index contributed by atoms with van der Waals surface area (Å²) < 4.78 is 44.3. The highest BCUT2D eigenvalue weighted by atomic mass is 31.2. The molecular weight excluding hydrogens is 445 g/mol. The van der Waals surface area contributed by atoms with Crippen molar-refractivity contribution in [3.63, 3.8) is 0 Å². The van der Waals surface area contributed by atoms with E-state index in [1.165, 1.54) is 12.4 Å². The number of hydrogen-bond acceptors (Lipinski definition) is 9. The number of nitrogens with zero attached hydrogens (tertiary/aromatic N) is 2. The first-order chi connectivity index (χ1) is 12.8. The fourth-order valence-electron chi connectivity index (χ4n) is 1.91. The van der Waals surface area contributed by atoms with Crippen molar-refractivity contribution in [2.75, 3.05) is 13.2 Å². The van der Waals surface area contributed by atoms with Crippen LogP contribution < -0.4 is 0 Å². The summed E-state index contributed by atoms with van der Waals surface area (Å²) in [5.74, 6) is -1.14. The number of aliphatic hydroxyl groups is 2. The molecule has 28 heavy (non-hydrogen) atoms. The molecule has 0 bridgehead atoms. The van der Waals surface area contributed by atoms with Crippen LogP contribution in [0.4, 0.5) is 0 Å². The highest BCUT2D eigenvalue weighted by molar-refractivity contribution is 7.53. The van der Waals surface area contributed by atoms with E-state index in [4.69, 9.17) is 0 Å². The molecule has 0 aliphatic rings. The first-order valence-corrected chi connectivity index (χ1v) is 11.6. The second kappa shape index (κ2) is 8.27. The maximum atomic E-state index is 11.9. The molecule has 18 heteroatoms. The largest absolute Gasteiger partial charge is 0.369 e. The molecule has 0 aliphatic carbocycles. The van der Waals surface area contributed by atoms with Gasteiger partial charge in [-0.3, -0.25) is 13.7 Å². The standard InChI is InChI=1S/C10H17N4O11P3/c15-9(27(18,19)20,7-11-1-2-12-7)5-24-26(17)25-6-10(16,28(21,22)23)8-13-3-4-14-8/h1-4,15-16,26H,5-6H2,(H,11,12)(H,13,14)(H2,18,19,20)(H2,21,22,23). The van der Waals surface area contributed by atoms with Gasteiger partial charge < -0.3 is 48.8 Å². The highest BCUT2D eigenvalue weighted by Gasteiger charge is 2.52. The number of nitrogens with one attached hydrogen (secondary N) is 2. The second-order valence-electron chi connectivity index (χ2n) is 5.42. The molecule has 0 fully saturated rings. The Morgan fingerprint density at radius 2 is 1.25 bits per heavy atom. The van der Waals surface area contributed by atoms with E-state index in [0.717, 1.165) is 12.4 Å². The van der Waals surface area contributed by atoms with E-state index >= 15 is 0 Å². The van der Waals surface area contributed by atoms with Crippen LogP contribution in [0.3, 0.4) is 0 Å². The van der Waals surface area contributed by atoms with E-state index in [2.05, 4.69) is 29.0 Å². The minimum absolute atomic E-state index is 0.571. The lowest BCUT2D eigenvalue weighted by Gasteiger charge is -2.27. The van der Waals surface area contributed by atoms with Gasteiger partial charge >= 0.3 is 23.4 Å². The lowest BCUT2D eigenvalue weighted by Crippen LogP contribution is -2.33. The Bertz CT molecular complexity index is 822. The molecular formula is C10H17N4O11P3. The lowest BCUT2D eigenvalue weighted by atomic mass is 10.3. The summed E-state index contributed by atoms with van der Waals surface area (Å²) in [6, 6.07) is 0. The van der Waals surface area contributed by atoms with Crippen molar-refractivity contribution in [3.05, 3.63) is 36.4 Å². The third-order valence-corrected chi connectivity index (χ3v) is 6.87. The fourth-order valence-corrected chi connectivity index (χ4v) is 4.15. The molecule has 0 saturated heterocycles. The zero-order valence-electron chi connectivity index (χ0n) is 13.7. The lowest BCUT2D eigenvalue weighted by molar-refractivity contribution is 0.0125. The van der Waals surface area contributed by atoms with Gasteiger partial charge in [0.1, 0.15) is 13.2 Å². The normalized spacial score (nSPS) is 18.4. The molecule has 0 aliphatic heterocycles. The molecule has 2 heterocycles. The van der Waals surface area contributed by atoms with Gasteiger partial charge in [-0.2, -0.15) is 0 Å². The maximum absolute atomic E-state index is 11.9. The quantitative estimate of drug-likeness (QED) is 0.196. The number of imidazole rings is 2. The Kier molecular flexibility index (Phi) is 6.81. The smallest absolute Gasteiger partial charge is 0.367 e. The summed E-state index contributed by atoms with van der Waals surface area (Å²) in [6.45, 7) is -2.48.